The van der Waals surface area contributed by atoms with E-state index in [4.69, 9.17) is 5.84 Å². The van der Waals surface area contributed by atoms with Crippen LogP contribution in [0.4, 0.5) is 0 Å². The van der Waals surface area contributed by atoms with E-state index in [1.54, 1.807) is 0 Å². The molecule has 2 amide bonds. The zero-order valence-electron chi connectivity index (χ0n) is 11.4. The fraction of sp³-hybridized carbons (Fsp3) is 0. The predicted octanol–water partition coefficient (Wildman–Crippen LogP) is -0.495. The fourth-order valence-electron chi connectivity index (χ4n) is 1.86. The Morgan fingerprint density at radius 2 is 1.45 bits per heavy atom. The van der Waals surface area contributed by atoms with E-state index in [0.29, 0.717) is 0 Å². The lowest BCUT2D eigenvalue weighted by atomic mass is 10.2. The maximum Gasteiger partial charge on any atom is 0.341 e. The Morgan fingerprint density at radius 3 is 1.95 bits per heavy atom. The van der Waals surface area contributed by atoms with Gasteiger partial charge in [-0.05, 0) is 36.4 Å². The number of quaternary nitrogens is 1. The van der Waals surface area contributed by atoms with Gasteiger partial charge in [-0.3, -0.25) is 16.0 Å². The number of rotatable bonds is 4. The third kappa shape index (κ3) is 3.03. The van der Waals surface area contributed by atoms with E-state index in [1.807, 2.05) is 5.43 Å². The van der Waals surface area contributed by atoms with Crippen molar-refractivity contribution in [3.8, 4) is 0 Å². The highest BCUT2D eigenvalue weighted by atomic mass is 32.2. The molecule has 8 heteroatoms. The second-order valence-corrected chi connectivity index (χ2v) is 6.41. The Kier molecular flexibility index (Phi) is 4.36. The fourth-order valence-corrected chi connectivity index (χ4v) is 3.21. The molecular weight excluding hydrogens is 306 g/mol. The van der Waals surface area contributed by atoms with Crippen molar-refractivity contribution in [3.63, 3.8) is 0 Å². The van der Waals surface area contributed by atoms with E-state index < -0.39 is 21.7 Å². The number of nitrogen functional groups attached to an aromatic ring is 1. The van der Waals surface area contributed by atoms with Crippen LogP contribution in [0.1, 0.15) is 20.7 Å². The summed E-state index contributed by atoms with van der Waals surface area (Å²) >= 11 is 0. The third-order valence-electron chi connectivity index (χ3n) is 3.00. The van der Waals surface area contributed by atoms with Gasteiger partial charge >= 0.3 is 5.91 Å². The van der Waals surface area contributed by atoms with Crippen LogP contribution in [0.15, 0.2) is 58.3 Å². The number of carbonyl (C=O) groups is 2. The molecule has 0 aliphatic carbocycles. The molecule has 22 heavy (non-hydrogen) atoms. The first-order valence-electron chi connectivity index (χ1n) is 6.18. The van der Waals surface area contributed by atoms with Gasteiger partial charge in [0.15, 0.2) is 0 Å². The molecule has 0 saturated heterocycles. The van der Waals surface area contributed by atoms with Crippen molar-refractivity contribution >= 4 is 21.7 Å². The highest BCUT2D eigenvalue weighted by Gasteiger charge is 2.20. The van der Waals surface area contributed by atoms with E-state index in [-0.39, 0.29) is 20.9 Å². The Morgan fingerprint density at radius 1 is 0.955 bits per heavy atom. The second kappa shape index (κ2) is 6.06. The standard InChI is InChI=1S/C14H13N3O4S/c15-13(18)9-3-1-5-11(7-9)22(20,21)12-6-2-4-10(8-12)14(19)17-16/h1-8H,16H2,(H2,15,18)(H,17,19)/p+1. The highest BCUT2D eigenvalue weighted by molar-refractivity contribution is 7.91. The van der Waals surface area contributed by atoms with Gasteiger partial charge in [-0.2, -0.15) is 0 Å². The number of amides is 2. The molecule has 0 bridgehead atoms. The van der Waals surface area contributed by atoms with Crippen LogP contribution >= 0.6 is 0 Å². The van der Waals surface area contributed by atoms with Gasteiger partial charge < -0.3 is 0 Å². The van der Waals surface area contributed by atoms with Crippen molar-refractivity contribution < 1.29 is 23.7 Å². The van der Waals surface area contributed by atoms with Crippen molar-refractivity contribution in [3.05, 3.63) is 59.7 Å². The maximum absolute atomic E-state index is 12.6. The van der Waals surface area contributed by atoms with Crippen LogP contribution in [0.25, 0.3) is 0 Å². The van der Waals surface area contributed by atoms with Crippen molar-refractivity contribution in [2.75, 3.05) is 0 Å². The minimum Gasteiger partial charge on any atom is -0.290 e. The average Bonchev–Trinajstić information content (AvgIpc) is 2.54. The molecule has 0 aliphatic heterocycles. The lowest BCUT2D eigenvalue weighted by molar-refractivity contribution is -0.255. The molecule has 0 spiro atoms. The largest absolute Gasteiger partial charge is 0.341 e. The van der Waals surface area contributed by atoms with E-state index in [0.717, 1.165) is 0 Å². The molecule has 2 rings (SSSR count). The van der Waals surface area contributed by atoms with Gasteiger partial charge in [-0.15, -0.1) is 0 Å². The van der Waals surface area contributed by atoms with Gasteiger partial charge in [-0.25, -0.2) is 19.1 Å². The number of hydrazine groups is 1. The summed E-state index contributed by atoms with van der Waals surface area (Å²) in [5, 5.41) is 0. The van der Waals surface area contributed by atoms with Gasteiger partial charge in [0.1, 0.15) is 0 Å². The number of hydrogen-bond acceptors (Lipinski definition) is 5. The first kappa shape index (κ1) is 15.8. The summed E-state index contributed by atoms with van der Waals surface area (Å²) in [5.41, 5.74) is 5.50. The minimum absolute atomic E-state index is 0.0488. The first-order chi connectivity index (χ1) is 10.4. The van der Waals surface area contributed by atoms with Crippen molar-refractivity contribution in [1.29, 1.82) is 0 Å². The molecule has 0 saturated carbocycles. The summed E-state index contributed by atoms with van der Waals surface area (Å²) < 4.78 is 25.2. The van der Waals surface area contributed by atoms with Crippen LogP contribution in [-0.2, 0) is 9.84 Å². The number of nitrogens with two attached hydrogens (primary N) is 1. The molecule has 7 nitrogen and oxygen atoms in total. The quantitative estimate of drug-likeness (QED) is 0.397. The smallest absolute Gasteiger partial charge is 0.290 e. The monoisotopic (exact) mass is 320 g/mol. The average molecular weight is 320 g/mol. The van der Waals surface area contributed by atoms with Crippen molar-refractivity contribution in [2.24, 2.45) is 5.84 Å². The van der Waals surface area contributed by atoms with Crippen LogP contribution in [0.5, 0.6) is 0 Å². The van der Waals surface area contributed by atoms with Gasteiger partial charge in [-0.1, -0.05) is 12.1 Å². The van der Waals surface area contributed by atoms with Crippen molar-refractivity contribution in [2.45, 2.75) is 9.79 Å². The number of hydrogen-bond donors (Lipinski definition) is 3. The third-order valence-corrected chi connectivity index (χ3v) is 4.75. The van der Waals surface area contributed by atoms with Crippen molar-refractivity contribution in [1.82, 2.24) is 5.43 Å². The molecular formula is C14H14N3O4S+. The Labute approximate surface area is 126 Å². The van der Waals surface area contributed by atoms with E-state index >= 15 is 0 Å². The van der Waals surface area contributed by atoms with Gasteiger partial charge in [0.25, 0.3) is 5.91 Å². The van der Waals surface area contributed by atoms with Crippen LogP contribution in [0.3, 0.4) is 0 Å². The van der Waals surface area contributed by atoms with E-state index in [2.05, 4.69) is 5.73 Å². The molecule has 0 heterocycles. The molecule has 0 aliphatic rings. The van der Waals surface area contributed by atoms with Gasteiger partial charge in [0, 0.05) is 5.56 Å². The summed E-state index contributed by atoms with van der Waals surface area (Å²) in [4.78, 5) is 22.6. The van der Waals surface area contributed by atoms with Crippen LogP contribution in [0, 0.1) is 0 Å². The normalized spacial score (nSPS) is 11.0. The molecule has 0 radical (unpaired) electrons. The van der Waals surface area contributed by atoms with Crippen LogP contribution in [-0.4, -0.2) is 20.2 Å². The Bertz CT molecular complexity index is 847. The summed E-state index contributed by atoms with van der Waals surface area (Å²) in [5.74, 6) is 3.96. The van der Waals surface area contributed by atoms with E-state index in [1.165, 1.54) is 48.5 Å². The molecule has 2 aromatic rings. The minimum atomic E-state index is -3.86. The number of carbonyl (C=O) groups excluding carboxylic acids is 2. The molecule has 0 unspecified atom stereocenters. The number of nitrogens with one attached hydrogen (secondary N) is 1. The summed E-state index contributed by atoms with van der Waals surface area (Å²) in [6.45, 7) is 0. The molecule has 6 N–H and O–H groups in total. The zero-order valence-corrected chi connectivity index (χ0v) is 12.3. The summed E-state index contributed by atoms with van der Waals surface area (Å²) in [7, 11) is -3.86. The second-order valence-electron chi connectivity index (χ2n) is 4.46. The molecule has 114 valence electrons. The first-order valence-corrected chi connectivity index (χ1v) is 7.67. The summed E-state index contributed by atoms with van der Waals surface area (Å²) in [6, 6.07) is 11.0. The molecule has 2 aromatic carbocycles. The van der Waals surface area contributed by atoms with Crippen LogP contribution in [0.2, 0.25) is 0 Å². The maximum atomic E-state index is 12.6. The summed E-state index contributed by atoms with van der Waals surface area (Å²) in [6.07, 6.45) is 0. The zero-order chi connectivity index (χ0) is 16.3. The molecule has 0 atom stereocenters. The van der Waals surface area contributed by atoms with Gasteiger partial charge in [0.05, 0.1) is 15.4 Å². The molecule has 0 aromatic heterocycles. The number of sulfone groups is 1. The van der Waals surface area contributed by atoms with Gasteiger partial charge in [0.2, 0.25) is 9.84 Å². The SMILES string of the molecule is NNC(=O)c1cccc(S(=O)(=O)c2cccc(C([NH3+])=O)c2)c1. The molecule has 0 fully saturated rings. The lowest BCUT2D eigenvalue weighted by Gasteiger charge is -2.07. The Hall–Kier alpha value is -2.55. The van der Waals surface area contributed by atoms with E-state index in [9.17, 15) is 18.0 Å². The predicted molar refractivity (Wildman–Crippen MR) is 77.2 cm³/mol. The topological polar surface area (TPSA) is 134 Å². The lowest BCUT2D eigenvalue weighted by Crippen LogP contribution is -2.56. The van der Waals surface area contributed by atoms with Crippen LogP contribution < -0.4 is 17.0 Å². The number of benzene rings is 2. The highest BCUT2D eigenvalue weighted by Crippen LogP contribution is 2.22. The Balaban J connectivity index is 2.53.